The average Bonchev–Trinajstić information content (AvgIpc) is 2.75. The normalized spacial score (nSPS) is 13.9. The van der Waals surface area contributed by atoms with Crippen LogP contribution in [0.25, 0.3) is 0 Å². The Morgan fingerprint density at radius 2 is 1.72 bits per heavy atom. The Morgan fingerprint density at radius 1 is 1.03 bits per heavy atom. The molecule has 2 aromatic carbocycles. The summed E-state index contributed by atoms with van der Waals surface area (Å²) in [6, 6.07) is 16.7. The van der Waals surface area contributed by atoms with Crippen LogP contribution in [0.4, 0.5) is 4.79 Å². The average molecular weight is 395 g/mol. The van der Waals surface area contributed by atoms with E-state index in [1.807, 2.05) is 48.5 Å². The van der Waals surface area contributed by atoms with E-state index in [0.717, 1.165) is 17.5 Å². The molecule has 1 atom stereocenters. The van der Waals surface area contributed by atoms with Crippen molar-refractivity contribution in [1.82, 2.24) is 15.5 Å². The second kappa shape index (κ2) is 10.1. The van der Waals surface area contributed by atoms with E-state index in [4.69, 9.17) is 10.0 Å². The molecule has 29 heavy (non-hydrogen) atoms. The highest BCUT2D eigenvalue weighted by Gasteiger charge is 2.26. The number of urea groups is 1. The van der Waals surface area contributed by atoms with E-state index in [-0.39, 0.29) is 12.5 Å². The lowest BCUT2D eigenvalue weighted by Gasteiger charge is -2.30. The predicted molar refractivity (Wildman–Crippen MR) is 111 cm³/mol. The second-order valence-electron chi connectivity index (χ2n) is 7.19. The van der Waals surface area contributed by atoms with Gasteiger partial charge in [0.1, 0.15) is 6.04 Å². The van der Waals surface area contributed by atoms with Gasteiger partial charge in [-0.3, -0.25) is 4.79 Å². The molecule has 1 heterocycles. The third-order valence-electron chi connectivity index (χ3n) is 5.06. The Labute approximate surface area is 170 Å². The van der Waals surface area contributed by atoms with Gasteiger partial charge in [0, 0.05) is 13.1 Å². The van der Waals surface area contributed by atoms with Crippen LogP contribution in [0.2, 0.25) is 0 Å². The molecule has 0 unspecified atom stereocenters. The minimum absolute atomic E-state index is 0.284. The van der Waals surface area contributed by atoms with Crippen LogP contribution < -0.4 is 10.6 Å². The lowest BCUT2D eigenvalue weighted by molar-refractivity contribution is -0.122. The van der Waals surface area contributed by atoms with Gasteiger partial charge >= 0.3 is 13.1 Å². The molecule has 2 aromatic rings. The maximum atomic E-state index is 12.8. The first-order chi connectivity index (χ1) is 14.0. The van der Waals surface area contributed by atoms with Crippen LogP contribution in [-0.2, 0) is 24.2 Å². The highest BCUT2D eigenvalue weighted by Crippen LogP contribution is 2.18. The van der Waals surface area contributed by atoms with E-state index in [1.54, 1.807) is 4.90 Å². The van der Waals surface area contributed by atoms with E-state index >= 15 is 0 Å². The fourth-order valence-corrected chi connectivity index (χ4v) is 3.45. The van der Waals surface area contributed by atoms with E-state index in [2.05, 4.69) is 16.7 Å². The molecule has 0 radical (unpaired) electrons. The van der Waals surface area contributed by atoms with Gasteiger partial charge in [0.05, 0.1) is 6.44 Å². The fourth-order valence-electron chi connectivity index (χ4n) is 3.45. The van der Waals surface area contributed by atoms with Crippen LogP contribution in [0, 0.1) is 0 Å². The van der Waals surface area contributed by atoms with Crippen LogP contribution in [-0.4, -0.2) is 53.0 Å². The van der Waals surface area contributed by atoms with Crippen molar-refractivity contribution in [2.75, 3.05) is 13.0 Å². The minimum Gasteiger partial charge on any atom is -0.426 e. The van der Waals surface area contributed by atoms with Crippen LogP contribution in [0.15, 0.2) is 54.6 Å². The molecule has 3 rings (SSSR count). The van der Waals surface area contributed by atoms with Gasteiger partial charge in [-0.2, -0.15) is 0 Å². The number of rotatable bonds is 7. The van der Waals surface area contributed by atoms with Crippen LogP contribution in [0.1, 0.15) is 23.1 Å². The smallest absolute Gasteiger partial charge is 0.426 e. The summed E-state index contributed by atoms with van der Waals surface area (Å²) in [7, 11) is -1.64. The van der Waals surface area contributed by atoms with Gasteiger partial charge < -0.3 is 25.6 Å². The van der Waals surface area contributed by atoms with Crippen LogP contribution in [0.3, 0.4) is 0 Å². The highest BCUT2D eigenvalue weighted by molar-refractivity contribution is 6.41. The number of hydrogen-bond acceptors (Lipinski definition) is 4. The number of nitrogens with zero attached hydrogens (tertiary/aromatic N) is 1. The second-order valence-corrected chi connectivity index (χ2v) is 7.19. The molecule has 3 amide bonds. The number of amides is 3. The molecule has 4 N–H and O–H groups in total. The van der Waals surface area contributed by atoms with Crippen molar-refractivity contribution in [3.63, 3.8) is 0 Å². The molecule has 0 bridgehead atoms. The first kappa shape index (κ1) is 20.9. The lowest BCUT2D eigenvalue weighted by Crippen LogP contribution is -2.53. The largest absolute Gasteiger partial charge is 0.472 e. The fraction of sp³-hybridized carbons (Fsp3) is 0.333. The number of carbonyl (C=O) groups is 2. The summed E-state index contributed by atoms with van der Waals surface area (Å²) in [5.41, 5.74) is 3.42. The minimum atomic E-state index is -1.64. The molecule has 1 aliphatic heterocycles. The zero-order valence-electron chi connectivity index (χ0n) is 16.3. The van der Waals surface area contributed by atoms with Crippen molar-refractivity contribution in [3.8, 4) is 0 Å². The van der Waals surface area contributed by atoms with Crippen molar-refractivity contribution in [1.29, 1.82) is 0 Å². The number of aryl methyl sites for hydroxylation is 1. The van der Waals surface area contributed by atoms with Crippen molar-refractivity contribution >= 4 is 19.1 Å². The molecule has 152 valence electrons. The van der Waals surface area contributed by atoms with E-state index in [1.165, 1.54) is 5.56 Å². The summed E-state index contributed by atoms with van der Waals surface area (Å²) in [4.78, 5) is 27.0. The monoisotopic (exact) mass is 395 g/mol. The standard InChI is InChI=1S/C21H26BN3O4/c26-20(23-15-22(28)29)19(11-10-16-6-2-1-3-7-16)24-21(27)25-13-12-17-8-4-5-9-18(17)14-25/h1-9,19,28-29H,10-15H2,(H,23,26)(H,24,27)/t19-/m0/s1. The Kier molecular flexibility index (Phi) is 7.27. The van der Waals surface area contributed by atoms with Crippen molar-refractivity contribution in [2.24, 2.45) is 0 Å². The third-order valence-corrected chi connectivity index (χ3v) is 5.06. The molecule has 0 fully saturated rings. The number of fused-ring (bicyclic) bond motifs is 1. The molecule has 0 saturated carbocycles. The Bertz CT molecular complexity index is 832. The van der Waals surface area contributed by atoms with Gasteiger partial charge in [-0.15, -0.1) is 0 Å². The van der Waals surface area contributed by atoms with E-state index < -0.39 is 19.1 Å². The molecule has 7 nitrogen and oxygen atoms in total. The van der Waals surface area contributed by atoms with Crippen LogP contribution in [0.5, 0.6) is 0 Å². The Balaban J connectivity index is 1.63. The molecular formula is C21H26BN3O4. The van der Waals surface area contributed by atoms with Crippen LogP contribution >= 0.6 is 0 Å². The summed E-state index contributed by atoms with van der Waals surface area (Å²) in [6.45, 7) is 1.09. The number of hydrogen-bond donors (Lipinski definition) is 4. The topological polar surface area (TPSA) is 102 Å². The first-order valence-corrected chi connectivity index (χ1v) is 9.83. The summed E-state index contributed by atoms with van der Waals surface area (Å²) in [5.74, 6) is -0.431. The van der Waals surface area contributed by atoms with Crippen molar-refractivity contribution in [3.05, 3.63) is 71.3 Å². The molecule has 0 aromatic heterocycles. The molecule has 1 aliphatic rings. The van der Waals surface area contributed by atoms with E-state index in [9.17, 15) is 9.59 Å². The van der Waals surface area contributed by atoms with Gasteiger partial charge in [-0.1, -0.05) is 54.6 Å². The maximum Gasteiger partial charge on any atom is 0.472 e. The Hall–Kier alpha value is -2.84. The predicted octanol–water partition coefficient (Wildman–Crippen LogP) is 0.884. The number of carbonyl (C=O) groups excluding carboxylic acids is 2. The summed E-state index contributed by atoms with van der Waals surface area (Å²) in [5, 5.41) is 23.3. The quantitative estimate of drug-likeness (QED) is 0.523. The molecule has 0 saturated heterocycles. The van der Waals surface area contributed by atoms with E-state index in [0.29, 0.717) is 25.9 Å². The summed E-state index contributed by atoms with van der Waals surface area (Å²) >= 11 is 0. The van der Waals surface area contributed by atoms with Gasteiger partial charge in [0.2, 0.25) is 5.91 Å². The van der Waals surface area contributed by atoms with Gasteiger partial charge in [-0.25, -0.2) is 4.79 Å². The highest BCUT2D eigenvalue weighted by atomic mass is 16.4. The van der Waals surface area contributed by atoms with Crippen molar-refractivity contribution in [2.45, 2.75) is 31.8 Å². The molecule has 0 spiro atoms. The SMILES string of the molecule is O=C(NCB(O)O)[C@H](CCc1ccccc1)NC(=O)N1CCc2ccccc2C1. The summed E-state index contributed by atoms with van der Waals surface area (Å²) in [6.07, 6.45) is 1.52. The Morgan fingerprint density at radius 3 is 2.45 bits per heavy atom. The van der Waals surface area contributed by atoms with Gasteiger partial charge in [0.25, 0.3) is 0 Å². The molecule has 0 aliphatic carbocycles. The lowest BCUT2D eigenvalue weighted by atomic mass is 9.92. The summed E-state index contributed by atoms with van der Waals surface area (Å²) < 4.78 is 0. The molecule has 8 heteroatoms. The zero-order chi connectivity index (χ0) is 20.6. The maximum absolute atomic E-state index is 12.8. The van der Waals surface area contributed by atoms with Crippen molar-refractivity contribution < 1.29 is 19.6 Å². The number of nitrogens with one attached hydrogen (secondary N) is 2. The first-order valence-electron chi connectivity index (χ1n) is 9.83. The number of benzene rings is 2. The van der Waals surface area contributed by atoms with Gasteiger partial charge in [-0.05, 0) is 36.0 Å². The third kappa shape index (κ3) is 6.07. The molecular weight excluding hydrogens is 369 g/mol. The zero-order valence-corrected chi connectivity index (χ0v) is 16.3. The van der Waals surface area contributed by atoms with Gasteiger partial charge in [0.15, 0.2) is 0 Å².